The molecule has 1 unspecified atom stereocenters. The number of rotatable bonds is 4. The minimum Gasteiger partial charge on any atom is -0.375 e. The SMILES string of the molecule is Cc1ccc(NC2=C(C=O)COCC2C(N)=O)c(C)c1. The highest BCUT2D eigenvalue weighted by Gasteiger charge is 2.28. The van der Waals surface area contributed by atoms with Crippen LogP contribution in [-0.4, -0.2) is 25.4 Å². The molecule has 1 aromatic carbocycles. The van der Waals surface area contributed by atoms with E-state index in [1.54, 1.807) is 0 Å². The molecule has 0 fully saturated rings. The Bertz CT molecular complexity index is 578. The van der Waals surface area contributed by atoms with E-state index in [1.165, 1.54) is 0 Å². The molecule has 2 rings (SSSR count). The molecule has 1 heterocycles. The van der Waals surface area contributed by atoms with Gasteiger partial charge >= 0.3 is 0 Å². The lowest BCUT2D eigenvalue weighted by atomic mass is 9.98. The van der Waals surface area contributed by atoms with E-state index in [0.717, 1.165) is 16.8 Å². The summed E-state index contributed by atoms with van der Waals surface area (Å²) >= 11 is 0. The van der Waals surface area contributed by atoms with Gasteiger partial charge < -0.3 is 15.8 Å². The van der Waals surface area contributed by atoms with Gasteiger partial charge in [0, 0.05) is 17.0 Å². The fourth-order valence-corrected chi connectivity index (χ4v) is 2.26. The van der Waals surface area contributed by atoms with E-state index >= 15 is 0 Å². The lowest BCUT2D eigenvalue weighted by molar-refractivity contribution is -0.122. The standard InChI is InChI=1S/C15H18N2O3/c1-9-3-4-13(10(2)5-9)17-14-11(6-18)7-20-8-12(14)15(16)19/h3-6,12,17H,7-8H2,1-2H3,(H2,16,19). The number of anilines is 1. The first-order valence-electron chi connectivity index (χ1n) is 6.42. The Morgan fingerprint density at radius 1 is 1.45 bits per heavy atom. The summed E-state index contributed by atoms with van der Waals surface area (Å²) in [6.45, 7) is 4.36. The Kier molecular flexibility index (Phi) is 4.20. The highest BCUT2D eigenvalue weighted by atomic mass is 16.5. The summed E-state index contributed by atoms with van der Waals surface area (Å²) in [4.78, 5) is 22.6. The Labute approximate surface area is 117 Å². The number of aryl methyl sites for hydroxylation is 2. The molecular weight excluding hydrogens is 256 g/mol. The molecule has 0 bridgehead atoms. The van der Waals surface area contributed by atoms with Gasteiger partial charge in [-0.25, -0.2) is 0 Å². The smallest absolute Gasteiger partial charge is 0.228 e. The summed E-state index contributed by atoms with van der Waals surface area (Å²) in [6, 6.07) is 5.92. The Balaban J connectivity index is 2.38. The average Bonchev–Trinajstić information content (AvgIpc) is 2.41. The first-order chi connectivity index (χ1) is 9.52. The van der Waals surface area contributed by atoms with E-state index in [9.17, 15) is 9.59 Å². The summed E-state index contributed by atoms with van der Waals surface area (Å²) < 4.78 is 5.23. The van der Waals surface area contributed by atoms with Crippen LogP contribution in [0.15, 0.2) is 29.5 Å². The number of primary amides is 1. The van der Waals surface area contributed by atoms with Crippen molar-refractivity contribution >= 4 is 17.9 Å². The normalized spacial score (nSPS) is 18.8. The number of benzene rings is 1. The molecule has 5 heteroatoms. The molecule has 1 aliphatic rings. The second-order valence-electron chi connectivity index (χ2n) is 4.97. The van der Waals surface area contributed by atoms with Crippen LogP contribution in [0.4, 0.5) is 5.69 Å². The zero-order valence-corrected chi connectivity index (χ0v) is 11.6. The molecule has 0 saturated heterocycles. The van der Waals surface area contributed by atoms with Gasteiger partial charge in [0.05, 0.1) is 13.2 Å². The van der Waals surface area contributed by atoms with Crippen LogP contribution in [0.5, 0.6) is 0 Å². The topological polar surface area (TPSA) is 81.4 Å². The zero-order chi connectivity index (χ0) is 14.7. The summed E-state index contributed by atoms with van der Waals surface area (Å²) in [5.41, 5.74) is 9.41. The molecule has 0 radical (unpaired) electrons. The molecule has 106 valence electrons. The van der Waals surface area contributed by atoms with Crippen LogP contribution in [0, 0.1) is 19.8 Å². The highest BCUT2D eigenvalue weighted by molar-refractivity contribution is 5.86. The van der Waals surface area contributed by atoms with Crippen molar-refractivity contribution in [1.82, 2.24) is 0 Å². The lowest BCUT2D eigenvalue weighted by Crippen LogP contribution is -2.36. The largest absolute Gasteiger partial charge is 0.375 e. The molecule has 1 aromatic rings. The van der Waals surface area contributed by atoms with Gasteiger partial charge in [-0.2, -0.15) is 0 Å². The van der Waals surface area contributed by atoms with Crippen molar-refractivity contribution in [2.45, 2.75) is 13.8 Å². The molecular formula is C15H18N2O3. The van der Waals surface area contributed by atoms with Crippen molar-refractivity contribution in [3.63, 3.8) is 0 Å². The number of aldehydes is 1. The summed E-state index contributed by atoms with van der Waals surface area (Å²) in [6.07, 6.45) is 0.709. The van der Waals surface area contributed by atoms with Crippen molar-refractivity contribution < 1.29 is 14.3 Å². The van der Waals surface area contributed by atoms with Crippen LogP contribution >= 0.6 is 0 Å². The van der Waals surface area contributed by atoms with Gasteiger partial charge in [-0.05, 0) is 25.5 Å². The molecule has 1 atom stereocenters. The minimum atomic E-state index is -0.621. The maximum absolute atomic E-state index is 11.5. The average molecular weight is 274 g/mol. The molecule has 1 aliphatic heterocycles. The number of hydrogen-bond donors (Lipinski definition) is 2. The fourth-order valence-electron chi connectivity index (χ4n) is 2.26. The molecule has 0 aliphatic carbocycles. The van der Waals surface area contributed by atoms with Gasteiger partial charge in [-0.1, -0.05) is 17.7 Å². The van der Waals surface area contributed by atoms with Crippen molar-refractivity contribution in [1.29, 1.82) is 0 Å². The Hall–Kier alpha value is -2.14. The highest BCUT2D eigenvalue weighted by Crippen LogP contribution is 2.25. The number of ether oxygens (including phenoxy) is 1. The van der Waals surface area contributed by atoms with Gasteiger partial charge in [0.2, 0.25) is 5.91 Å². The molecule has 0 aromatic heterocycles. The van der Waals surface area contributed by atoms with Crippen molar-refractivity contribution in [3.8, 4) is 0 Å². The van der Waals surface area contributed by atoms with E-state index < -0.39 is 11.8 Å². The molecule has 3 N–H and O–H groups in total. The van der Waals surface area contributed by atoms with Gasteiger partial charge in [-0.3, -0.25) is 9.59 Å². The third-order valence-corrected chi connectivity index (χ3v) is 3.37. The van der Waals surface area contributed by atoms with Crippen LogP contribution in [0.1, 0.15) is 11.1 Å². The quantitative estimate of drug-likeness (QED) is 0.811. The summed E-state index contributed by atoms with van der Waals surface area (Å²) in [5, 5.41) is 3.18. The van der Waals surface area contributed by atoms with E-state index in [0.29, 0.717) is 17.6 Å². The fraction of sp³-hybridized carbons (Fsp3) is 0.333. The minimum absolute atomic E-state index is 0.194. The van der Waals surface area contributed by atoms with Crippen molar-refractivity contribution in [3.05, 3.63) is 40.6 Å². The van der Waals surface area contributed by atoms with Gasteiger partial charge in [0.1, 0.15) is 12.2 Å². The van der Waals surface area contributed by atoms with Gasteiger partial charge in [0.25, 0.3) is 0 Å². The Morgan fingerprint density at radius 3 is 2.80 bits per heavy atom. The lowest BCUT2D eigenvalue weighted by Gasteiger charge is -2.26. The number of nitrogens with two attached hydrogens (primary N) is 1. The van der Waals surface area contributed by atoms with E-state index in [1.807, 2.05) is 32.0 Å². The van der Waals surface area contributed by atoms with E-state index in [2.05, 4.69) is 5.32 Å². The number of nitrogens with one attached hydrogen (secondary N) is 1. The first kappa shape index (κ1) is 14.3. The van der Waals surface area contributed by atoms with Crippen LogP contribution in [-0.2, 0) is 14.3 Å². The van der Waals surface area contributed by atoms with Crippen LogP contribution in [0.25, 0.3) is 0 Å². The maximum atomic E-state index is 11.5. The number of amides is 1. The Morgan fingerprint density at radius 2 is 2.20 bits per heavy atom. The predicted octanol–water partition coefficient (Wildman–Crippen LogP) is 1.30. The molecule has 5 nitrogen and oxygen atoms in total. The number of hydrogen-bond acceptors (Lipinski definition) is 4. The molecule has 0 saturated carbocycles. The third kappa shape index (κ3) is 2.88. The van der Waals surface area contributed by atoms with Crippen LogP contribution < -0.4 is 11.1 Å². The van der Waals surface area contributed by atoms with Gasteiger partial charge in [-0.15, -0.1) is 0 Å². The van der Waals surface area contributed by atoms with E-state index in [-0.39, 0.29) is 13.2 Å². The monoisotopic (exact) mass is 274 g/mol. The van der Waals surface area contributed by atoms with Crippen LogP contribution in [0.2, 0.25) is 0 Å². The first-order valence-corrected chi connectivity index (χ1v) is 6.42. The second kappa shape index (κ2) is 5.88. The summed E-state index contributed by atoms with van der Waals surface area (Å²) in [5.74, 6) is -1.12. The zero-order valence-electron chi connectivity index (χ0n) is 11.6. The second-order valence-corrected chi connectivity index (χ2v) is 4.97. The van der Waals surface area contributed by atoms with Crippen molar-refractivity contribution in [2.75, 3.05) is 18.5 Å². The number of carbonyl (C=O) groups is 2. The number of carbonyl (C=O) groups excluding carboxylic acids is 2. The summed E-state index contributed by atoms with van der Waals surface area (Å²) in [7, 11) is 0. The van der Waals surface area contributed by atoms with Crippen molar-refractivity contribution in [2.24, 2.45) is 11.7 Å². The van der Waals surface area contributed by atoms with Gasteiger partial charge in [0.15, 0.2) is 0 Å². The molecule has 20 heavy (non-hydrogen) atoms. The molecule has 1 amide bonds. The van der Waals surface area contributed by atoms with Crippen LogP contribution in [0.3, 0.4) is 0 Å². The van der Waals surface area contributed by atoms with E-state index in [4.69, 9.17) is 10.5 Å². The third-order valence-electron chi connectivity index (χ3n) is 3.37. The maximum Gasteiger partial charge on any atom is 0.228 e. The predicted molar refractivity (Wildman–Crippen MR) is 76.1 cm³/mol. The molecule has 0 spiro atoms.